The van der Waals surface area contributed by atoms with E-state index in [1.165, 1.54) is 11.9 Å². The number of hydrogen-bond donors (Lipinski definition) is 1. The van der Waals surface area contributed by atoms with Gasteiger partial charge in [-0.3, -0.25) is 4.41 Å². The van der Waals surface area contributed by atoms with Gasteiger partial charge in [-0.2, -0.15) is 0 Å². The van der Waals surface area contributed by atoms with Crippen LogP contribution in [0.25, 0.3) is 0 Å². The zero-order valence-corrected chi connectivity index (χ0v) is 6.68. The number of rotatable bonds is 0. The van der Waals surface area contributed by atoms with Crippen LogP contribution < -0.4 is 5.84 Å². The van der Waals surface area contributed by atoms with Crippen LogP contribution in [0.5, 0.6) is 0 Å². The Morgan fingerprint density at radius 2 is 2.12 bits per heavy atom. The lowest BCUT2D eigenvalue weighted by atomic mass is 10.6. The van der Waals surface area contributed by atoms with Gasteiger partial charge < -0.3 is 0 Å². The van der Waals surface area contributed by atoms with Gasteiger partial charge in [-0.1, -0.05) is 6.08 Å². The van der Waals surface area contributed by atoms with Gasteiger partial charge in [0.25, 0.3) is 0 Å². The Kier molecular flexibility index (Phi) is 4.03. The number of nitrogens with zero attached hydrogens (tertiary/aromatic N) is 1. The largest absolute Gasteiger partial charge is 0.256 e. The molecule has 2 N–H and O–H groups in total. The Morgan fingerprint density at radius 1 is 1.38 bits per heavy atom. The molecular formula is C4H7BrN2S. The summed E-state index contributed by atoms with van der Waals surface area (Å²) in [5, 5.41) is 1.92. The van der Waals surface area contributed by atoms with E-state index in [2.05, 4.69) is 0 Å². The number of hydrogen-bond acceptors (Lipinski definition) is 3. The summed E-state index contributed by atoms with van der Waals surface area (Å²) in [4.78, 5) is 0. The van der Waals surface area contributed by atoms with E-state index in [-0.39, 0.29) is 17.0 Å². The zero-order valence-electron chi connectivity index (χ0n) is 4.15. The molecule has 1 aliphatic rings. The molecule has 0 aromatic rings. The highest BCUT2D eigenvalue weighted by molar-refractivity contribution is 8.93. The van der Waals surface area contributed by atoms with E-state index in [1.807, 2.05) is 17.6 Å². The van der Waals surface area contributed by atoms with E-state index < -0.39 is 0 Å². The minimum Gasteiger partial charge on any atom is -0.256 e. The Morgan fingerprint density at radius 3 is 2.38 bits per heavy atom. The molecule has 0 fully saturated rings. The van der Waals surface area contributed by atoms with Gasteiger partial charge in [0.1, 0.15) is 0 Å². The van der Waals surface area contributed by atoms with Crippen LogP contribution in [0.15, 0.2) is 23.8 Å². The van der Waals surface area contributed by atoms with Crippen LogP contribution >= 0.6 is 28.9 Å². The lowest BCUT2D eigenvalue weighted by Crippen LogP contribution is -2.15. The minimum absolute atomic E-state index is 0. The quantitative estimate of drug-likeness (QED) is 0.468. The Hall–Kier alpha value is 0.0700. The van der Waals surface area contributed by atoms with Gasteiger partial charge in [-0.15, -0.1) is 17.0 Å². The fraction of sp³-hybridized carbons (Fsp3) is 0. The second-order valence-electron chi connectivity index (χ2n) is 1.14. The second kappa shape index (κ2) is 4.00. The van der Waals surface area contributed by atoms with Gasteiger partial charge in [0.05, 0.1) is 0 Å². The summed E-state index contributed by atoms with van der Waals surface area (Å²) in [6.07, 6.45) is 5.62. The number of halogens is 1. The molecule has 0 amide bonds. The van der Waals surface area contributed by atoms with Crippen molar-refractivity contribution in [3.8, 4) is 0 Å². The van der Waals surface area contributed by atoms with Crippen molar-refractivity contribution in [3.63, 3.8) is 0 Å². The fourth-order valence-corrected chi connectivity index (χ4v) is 0.763. The van der Waals surface area contributed by atoms with Crippen LogP contribution in [0, 0.1) is 0 Å². The molecule has 0 bridgehead atoms. The van der Waals surface area contributed by atoms with Gasteiger partial charge in [0, 0.05) is 6.20 Å². The molecule has 0 aromatic heterocycles. The first-order valence-electron chi connectivity index (χ1n) is 1.93. The molecule has 0 spiro atoms. The zero-order chi connectivity index (χ0) is 5.11. The predicted octanol–water partition coefficient (Wildman–Crippen LogP) is 1.43. The lowest BCUT2D eigenvalue weighted by molar-refractivity contribution is 0.674. The lowest BCUT2D eigenvalue weighted by Gasteiger charge is -2.09. The standard InChI is InChI=1S/C4H6N2S.BrH/c5-6-3-1-2-4-7-6;/h1-4H,5H2;1H. The SMILES string of the molecule is Br.NN1C=CC=CS1. The topological polar surface area (TPSA) is 29.3 Å². The van der Waals surface area contributed by atoms with Crippen LogP contribution in [0.2, 0.25) is 0 Å². The Bertz CT molecular complexity index is 113. The molecule has 0 saturated heterocycles. The summed E-state index contributed by atoms with van der Waals surface area (Å²) in [5.74, 6) is 5.29. The maximum atomic E-state index is 5.29. The van der Waals surface area contributed by atoms with Crippen LogP contribution in [0.3, 0.4) is 0 Å². The maximum Gasteiger partial charge on any atom is 0.0287 e. The first kappa shape index (κ1) is 8.07. The molecule has 0 radical (unpaired) electrons. The summed E-state index contributed by atoms with van der Waals surface area (Å²) in [6.45, 7) is 0. The summed E-state index contributed by atoms with van der Waals surface area (Å²) in [5.41, 5.74) is 0. The summed E-state index contributed by atoms with van der Waals surface area (Å²) >= 11 is 1.46. The van der Waals surface area contributed by atoms with Crippen molar-refractivity contribution >= 4 is 28.9 Å². The molecule has 0 aromatic carbocycles. The second-order valence-corrected chi connectivity index (χ2v) is 2.04. The van der Waals surface area contributed by atoms with E-state index in [4.69, 9.17) is 5.84 Å². The third kappa shape index (κ3) is 2.40. The summed E-state index contributed by atoms with van der Waals surface area (Å²) in [7, 11) is 0. The van der Waals surface area contributed by atoms with E-state index in [9.17, 15) is 0 Å². The van der Waals surface area contributed by atoms with Gasteiger partial charge in [0.2, 0.25) is 0 Å². The minimum atomic E-state index is 0. The third-order valence-corrected chi connectivity index (χ3v) is 1.25. The van der Waals surface area contributed by atoms with Crippen molar-refractivity contribution < 1.29 is 0 Å². The number of allylic oxidation sites excluding steroid dienone is 2. The summed E-state index contributed by atoms with van der Waals surface area (Å²) < 4.78 is 1.54. The highest BCUT2D eigenvalue weighted by Gasteiger charge is 1.88. The van der Waals surface area contributed by atoms with Crippen molar-refractivity contribution in [2.24, 2.45) is 5.84 Å². The van der Waals surface area contributed by atoms with Crippen molar-refractivity contribution in [2.45, 2.75) is 0 Å². The van der Waals surface area contributed by atoms with Gasteiger partial charge in [-0.05, 0) is 23.4 Å². The smallest absolute Gasteiger partial charge is 0.0287 e. The third-order valence-electron chi connectivity index (χ3n) is 0.605. The van der Waals surface area contributed by atoms with Gasteiger partial charge in [0.15, 0.2) is 0 Å². The average Bonchev–Trinajstić information content (AvgIpc) is 1.69. The van der Waals surface area contributed by atoms with Gasteiger partial charge >= 0.3 is 0 Å². The molecular weight excluding hydrogens is 188 g/mol. The molecule has 2 nitrogen and oxygen atoms in total. The van der Waals surface area contributed by atoms with E-state index in [0.29, 0.717) is 0 Å². The average molecular weight is 195 g/mol. The molecule has 0 saturated carbocycles. The van der Waals surface area contributed by atoms with Crippen LogP contribution in [-0.2, 0) is 0 Å². The maximum absolute atomic E-state index is 5.29. The highest BCUT2D eigenvalue weighted by atomic mass is 79.9. The van der Waals surface area contributed by atoms with Crippen molar-refractivity contribution in [3.05, 3.63) is 23.8 Å². The van der Waals surface area contributed by atoms with Crippen LogP contribution in [0.1, 0.15) is 0 Å². The first-order chi connectivity index (χ1) is 3.39. The predicted molar refractivity (Wildman–Crippen MR) is 42.2 cm³/mol. The van der Waals surface area contributed by atoms with Crippen molar-refractivity contribution in [1.29, 1.82) is 0 Å². The molecule has 8 heavy (non-hydrogen) atoms. The van der Waals surface area contributed by atoms with Crippen molar-refractivity contribution in [1.82, 2.24) is 4.41 Å². The molecule has 46 valence electrons. The Balaban J connectivity index is 0.000000490. The van der Waals surface area contributed by atoms with E-state index in [0.717, 1.165) is 0 Å². The molecule has 1 aliphatic heterocycles. The first-order valence-corrected chi connectivity index (χ1v) is 2.77. The van der Waals surface area contributed by atoms with Gasteiger partial charge in [-0.25, -0.2) is 5.84 Å². The molecule has 0 atom stereocenters. The Labute approximate surface area is 63.3 Å². The molecule has 4 heteroatoms. The summed E-state index contributed by atoms with van der Waals surface area (Å²) in [6, 6.07) is 0. The van der Waals surface area contributed by atoms with E-state index in [1.54, 1.807) is 10.6 Å². The highest BCUT2D eigenvalue weighted by Crippen LogP contribution is 2.09. The molecule has 0 aliphatic carbocycles. The number of nitrogens with two attached hydrogens (primary N) is 1. The van der Waals surface area contributed by atoms with Crippen LogP contribution in [-0.4, -0.2) is 4.41 Å². The molecule has 0 unspecified atom stereocenters. The normalized spacial score (nSPS) is 15.9. The molecule has 1 heterocycles. The molecule has 1 rings (SSSR count). The number of hydrazine groups is 1. The van der Waals surface area contributed by atoms with Crippen LogP contribution in [0.4, 0.5) is 0 Å². The van der Waals surface area contributed by atoms with Crippen molar-refractivity contribution in [2.75, 3.05) is 0 Å². The monoisotopic (exact) mass is 194 g/mol. The van der Waals surface area contributed by atoms with E-state index >= 15 is 0 Å². The fourth-order valence-electron chi connectivity index (χ4n) is 0.320.